The first-order chi connectivity index (χ1) is 12.9. The molecule has 0 saturated heterocycles. The SMILES string of the molecule is Cc1ccc(C)c(C(C)NC(=O)c2ccccc2SCc2cc(C)no2)c1. The Morgan fingerprint density at radius 1 is 1.15 bits per heavy atom. The molecule has 1 amide bonds. The summed E-state index contributed by atoms with van der Waals surface area (Å²) < 4.78 is 5.26. The quantitative estimate of drug-likeness (QED) is 0.583. The zero-order valence-corrected chi connectivity index (χ0v) is 16.9. The summed E-state index contributed by atoms with van der Waals surface area (Å²) in [4.78, 5) is 13.8. The molecule has 4 nitrogen and oxygen atoms in total. The molecule has 0 radical (unpaired) electrons. The Morgan fingerprint density at radius 3 is 2.67 bits per heavy atom. The van der Waals surface area contributed by atoms with Crippen LogP contribution in [0, 0.1) is 20.8 Å². The Labute approximate surface area is 164 Å². The van der Waals surface area contributed by atoms with Crippen LogP contribution in [0.4, 0.5) is 0 Å². The molecule has 0 spiro atoms. The average molecular weight is 381 g/mol. The number of rotatable bonds is 6. The molecule has 0 fully saturated rings. The second-order valence-corrected chi connectivity index (χ2v) is 7.79. The summed E-state index contributed by atoms with van der Waals surface area (Å²) in [5.41, 5.74) is 5.05. The van der Waals surface area contributed by atoms with E-state index in [4.69, 9.17) is 4.52 Å². The smallest absolute Gasteiger partial charge is 0.252 e. The number of amides is 1. The molecular weight excluding hydrogens is 356 g/mol. The number of aromatic nitrogens is 1. The van der Waals surface area contributed by atoms with Gasteiger partial charge in [0.2, 0.25) is 0 Å². The second-order valence-electron chi connectivity index (χ2n) is 6.77. The fourth-order valence-electron chi connectivity index (χ4n) is 2.99. The van der Waals surface area contributed by atoms with Gasteiger partial charge in [0.25, 0.3) is 5.91 Å². The molecule has 27 heavy (non-hydrogen) atoms. The van der Waals surface area contributed by atoms with Crippen molar-refractivity contribution in [3.63, 3.8) is 0 Å². The van der Waals surface area contributed by atoms with E-state index < -0.39 is 0 Å². The minimum Gasteiger partial charge on any atom is -0.360 e. The number of thioether (sulfide) groups is 1. The molecule has 0 saturated carbocycles. The van der Waals surface area contributed by atoms with E-state index in [0.717, 1.165) is 21.9 Å². The molecule has 1 unspecified atom stereocenters. The maximum Gasteiger partial charge on any atom is 0.252 e. The number of hydrogen-bond donors (Lipinski definition) is 1. The monoisotopic (exact) mass is 380 g/mol. The number of aryl methyl sites for hydroxylation is 3. The first-order valence-corrected chi connectivity index (χ1v) is 9.94. The molecule has 3 rings (SSSR count). The van der Waals surface area contributed by atoms with Crippen molar-refractivity contribution >= 4 is 17.7 Å². The van der Waals surface area contributed by atoms with E-state index in [9.17, 15) is 4.79 Å². The maximum atomic E-state index is 12.9. The van der Waals surface area contributed by atoms with Gasteiger partial charge in [-0.05, 0) is 51.0 Å². The average Bonchev–Trinajstić information content (AvgIpc) is 3.07. The number of nitrogens with one attached hydrogen (secondary N) is 1. The van der Waals surface area contributed by atoms with Crippen molar-refractivity contribution in [2.75, 3.05) is 0 Å². The third-order valence-electron chi connectivity index (χ3n) is 4.43. The van der Waals surface area contributed by atoms with Gasteiger partial charge >= 0.3 is 0 Å². The zero-order valence-electron chi connectivity index (χ0n) is 16.1. The summed E-state index contributed by atoms with van der Waals surface area (Å²) in [7, 11) is 0. The summed E-state index contributed by atoms with van der Waals surface area (Å²) in [6.07, 6.45) is 0. The molecule has 1 atom stereocenters. The largest absolute Gasteiger partial charge is 0.360 e. The van der Waals surface area contributed by atoms with Crippen molar-refractivity contribution in [1.82, 2.24) is 10.5 Å². The van der Waals surface area contributed by atoms with E-state index in [-0.39, 0.29) is 11.9 Å². The van der Waals surface area contributed by atoms with Crippen molar-refractivity contribution in [1.29, 1.82) is 0 Å². The zero-order chi connectivity index (χ0) is 19.4. The summed E-state index contributed by atoms with van der Waals surface area (Å²) in [5.74, 6) is 1.37. The van der Waals surface area contributed by atoms with Crippen LogP contribution in [-0.2, 0) is 5.75 Å². The van der Waals surface area contributed by atoms with E-state index in [1.54, 1.807) is 11.8 Å². The fraction of sp³-hybridized carbons (Fsp3) is 0.273. The summed E-state index contributed by atoms with van der Waals surface area (Å²) in [5, 5.41) is 7.04. The van der Waals surface area contributed by atoms with Crippen LogP contribution in [0.2, 0.25) is 0 Å². The van der Waals surface area contributed by atoms with Gasteiger partial charge in [-0.3, -0.25) is 4.79 Å². The lowest BCUT2D eigenvalue weighted by Gasteiger charge is -2.18. The molecule has 2 aromatic carbocycles. The Bertz CT molecular complexity index is 949. The highest BCUT2D eigenvalue weighted by Crippen LogP contribution is 2.27. The van der Waals surface area contributed by atoms with E-state index in [0.29, 0.717) is 11.3 Å². The van der Waals surface area contributed by atoms with Gasteiger partial charge in [-0.25, -0.2) is 0 Å². The van der Waals surface area contributed by atoms with Gasteiger partial charge in [-0.15, -0.1) is 11.8 Å². The lowest BCUT2D eigenvalue weighted by atomic mass is 10.00. The predicted molar refractivity (Wildman–Crippen MR) is 109 cm³/mol. The van der Waals surface area contributed by atoms with Crippen LogP contribution in [0.3, 0.4) is 0 Å². The molecule has 0 aliphatic carbocycles. The number of carbonyl (C=O) groups excluding carboxylic acids is 1. The van der Waals surface area contributed by atoms with Crippen LogP contribution in [-0.4, -0.2) is 11.1 Å². The van der Waals surface area contributed by atoms with Crippen molar-refractivity contribution in [2.24, 2.45) is 0 Å². The van der Waals surface area contributed by atoms with E-state index in [1.807, 2.05) is 44.2 Å². The standard InChI is InChI=1S/C22H24N2O2S/c1-14-9-10-15(2)20(11-14)17(4)23-22(25)19-7-5-6-8-21(19)27-13-18-12-16(3)24-26-18/h5-12,17H,13H2,1-4H3,(H,23,25). The highest BCUT2D eigenvalue weighted by molar-refractivity contribution is 7.98. The lowest BCUT2D eigenvalue weighted by molar-refractivity contribution is 0.0937. The number of hydrogen-bond acceptors (Lipinski definition) is 4. The Kier molecular flexibility index (Phi) is 6.01. The number of carbonyl (C=O) groups is 1. The normalized spacial score (nSPS) is 12.0. The molecule has 1 N–H and O–H groups in total. The third-order valence-corrected chi connectivity index (χ3v) is 5.52. The highest BCUT2D eigenvalue weighted by Gasteiger charge is 2.16. The Morgan fingerprint density at radius 2 is 1.93 bits per heavy atom. The van der Waals surface area contributed by atoms with Crippen LogP contribution in [0.25, 0.3) is 0 Å². The van der Waals surface area contributed by atoms with Crippen LogP contribution in [0.1, 0.15) is 51.5 Å². The van der Waals surface area contributed by atoms with E-state index in [1.165, 1.54) is 11.1 Å². The molecule has 140 valence electrons. The second kappa shape index (κ2) is 8.44. The summed E-state index contributed by atoms with van der Waals surface area (Å²) in [6.45, 7) is 8.05. The molecule has 1 heterocycles. The topological polar surface area (TPSA) is 55.1 Å². The highest BCUT2D eigenvalue weighted by atomic mass is 32.2. The predicted octanol–water partition coefficient (Wildman–Crippen LogP) is 5.38. The van der Waals surface area contributed by atoms with Crippen molar-refractivity contribution in [3.8, 4) is 0 Å². The van der Waals surface area contributed by atoms with Gasteiger partial charge in [-0.1, -0.05) is 41.1 Å². The van der Waals surface area contributed by atoms with Gasteiger partial charge in [0.1, 0.15) is 5.76 Å². The van der Waals surface area contributed by atoms with Crippen molar-refractivity contribution < 1.29 is 9.32 Å². The number of benzene rings is 2. The van der Waals surface area contributed by atoms with Gasteiger partial charge < -0.3 is 9.84 Å². The Hall–Kier alpha value is -2.53. The molecular formula is C22H24N2O2S. The summed E-state index contributed by atoms with van der Waals surface area (Å²) in [6, 6.07) is 15.8. The van der Waals surface area contributed by atoms with Gasteiger partial charge in [0, 0.05) is 11.0 Å². The maximum absolute atomic E-state index is 12.9. The first kappa shape index (κ1) is 19.2. The van der Waals surface area contributed by atoms with Crippen LogP contribution < -0.4 is 5.32 Å². The van der Waals surface area contributed by atoms with Crippen LogP contribution in [0.5, 0.6) is 0 Å². The molecule has 5 heteroatoms. The molecule has 0 bridgehead atoms. The molecule has 0 aliphatic heterocycles. The third kappa shape index (κ3) is 4.80. The molecule has 3 aromatic rings. The van der Waals surface area contributed by atoms with Crippen molar-refractivity contribution in [3.05, 3.63) is 82.2 Å². The lowest BCUT2D eigenvalue weighted by Crippen LogP contribution is -2.27. The fourth-order valence-corrected chi connectivity index (χ4v) is 3.92. The van der Waals surface area contributed by atoms with Crippen molar-refractivity contribution in [2.45, 2.75) is 44.4 Å². The van der Waals surface area contributed by atoms with Crippen LogP contribution >= 0.6 is 11.8 Å². The Balaban J connectivity index is 1.73. The minimum absolute atomic E-state index is 0.0626. The minimum atomic E-state index is -0.0692. The van der Waals surface area contributed by atoms with Gasteiger partial charge in [0.05, 0.1) is 23.1 Å². The number of nitrogens with zero attached hydrogens (tertiary/aromatic N) is 1. The van der Waals surface area contributed by atoms with E-state index >= 15 is 0 Å². The van der Waals surface area contributed by atoms with Gasteiger partial charge in [0.15, 0.2) is 0 Å². The van der Waals surface area contributed by atoms with Crippen LogP contribution in [0.15, 0.2) is 57.9 Å². The summed E-state index contributed by atoms with van der Waals surface area (Å²) >= 11 is 1.58. The van der Waals surface area contributed by atoms with Gasteiger partial charge in [-0.2, -0.15) is 0 Å². The van der Waals surface area contributed by atoms with E-state index in [2.05, 4.69) is 42.5 Å². The first-order valence-electron chi connectivity index (χ1n) is 8.96. The molecule has 0 aliphatic rings. The molecule has 1 aromatic heterocycles.